The van der Waals surface area contributed by atoms with Crippen molar-refractivity contribution in [3.05, 3.63) is 17.5 Å². The Morgan fingerprint density at radius 1 is 1.10 bits per heavy atom. The van der Waals surface area contributed by atoms with Crippen molar-refractivity contribution in [3.8, 4) is 0 Å². The molecule has 2 bridgehead atoms. The maximum absolute atomic E-state index is 12.7. The van der Waals surface area contributed by atoms with Crippen LogP contribution in [-0.2, 0) is 17.3 Å². The number of rotatable bonds is 5. The summed E-state index contributed by atoms with van der Waals surface area (Å²) in [5.74, 6) is 0.514. The minimum Gasteiger partial charge on any atom is -0.350 e. The van der Waals surface area contributed by atoms with Crippen molar-refractivity contribution in [2.24, 2.45) is 13.0 Å². The molecule has 2 atom stereocenters. The summed E-state index contributed by atoms with van der Waals surface area (Å²) >= 11 is 0. The van der Waals surface area contributed by atoms with Crippen molar-refractivity contribution in [1.29, 1.82) is 0 Å². The van der Waals surface area contributed by atoms with Gasteiger partial charge in [-0.1, -0.05) is 20.8 Å². The number of nitrogens with one attached hydrogen (secondary N) is 2. The molecule has 30 heavy (non-hydrogen) atoms. The molecule has 2 aliphatic rings. The molecule has 0 saturated carbocycles. The lowest BCUT2D eigenvalue weighted by atomic mass is 9.90. The number of aromatic nitrogens is 2. The van der Waals surface area contributed by atoms with Crippen LogP contribution in [0.3, 0.4) is 0 Å². The Morgan fingerprint density at radius 2 is 1.70 bits per heavy atom. The number of carbonyl (C=O) groups excluding carboxylic acids is 2. The minimum atomic E-state index is -0.197. The van der Waals surface area contributed by atoms with Crippen LogP contribution in [-0.4, -0.2) is 57.2 Å². The van der Waals surface area contributed by atoms with Crippen molar-refractivity contribution in [3.63, 3.8) is 0 Å². The molecule has 0 aliphatic carbocycles. The maximum Gasteiger partial charge on any atom is 0.269 e. The average Bonchev–Trinajstić information content (AvgIpc) is 3.08. The van der Waals surface area contributed by atoms with Crippen LogP contribution in [0.25, 0.3) is 0 Å². The molecular weight excluding hydrogens is 378 g/mol. The molecule has 1 aromatic heterocycles. The monoisotopic (exact) mass is 417 g/mol. The van der Waals surface area contributed by atoms with Crippen molar-refractivity contribution in [2.75, 3.05) is 13.1 Å². The van der Waals surface area contributed by atoms with E-state index < -0.39 is 0 Å². The zero-order valence-electron chi connectivity index (χ0n) is 19.7. The normalized spacial score (nSPS) is 24.7. The second-order valence-electron chi connectivity index (χ2n) is 11.2. The fourth-order valence-corrected chi connectivity index (χ4v) is 4.81. The van der Waals surface area contributed by atoms with Crippen LogP contribution in [0, 0.1) is 5.92 Å². The lowest BCUT2D eigenvalue weighted by Crippen LogP contribution is -2.52. The average molecular weight is 418 g/mol. The topological polar surface area (TPSA) is 79.3 Å². The smallest absolute Gasteiger partial charge is 0.269 e. The lowest BCUT2D eigenvalue weighted by Gasteiger charge is -2.39. The van der Waals surface area contributed by atoms with Crippen LogP contribution < -0.4 is 10.6 Å². The van der Waals surface area contributed by atoms with Crippen LogP contribution in [0.15, 0.2) is 6.07 Å². The molecule has 168 valence electrons. The number of piperidine rings is 1. The van der Waals surface area contributed by atoms with Crippen LogP contribution in [0.4, 0.5) is 0 Å². The van der Waals surface area contributed by atoms with Gasteiger partial charge in [0.05, 0.1) is 12.2 Å². The Kier molecular flexibility index (Phi) is 6.33. The van der Waals surface area contributed by atoms with Crippen molar-refractivity contribution in [2.45, 2.75) is 90.3 Å². The van der Waals surface area contributed by atoms with E-state index in [-0.39, 0.29) is 22.8 Å². The van der Waals surface area contributed by atoms with Gasteiger partial charge in [-0.25, -0.2) is 0 Å². The number of aryl methyl sites for hydroxylation is 1. The summed E-state index contributed by atoms with van der Waals surface area (Å²) in [7, 11) is 1.82. The Bertz CT molecular complexity index is 772. The predicted octanol–water partition coefficient (Wildman–Crippen LogP) is 2.61. The third kappa shape index (κ3) is 5.42. The van der Waals surface area contributed by atoms with E-state index in [0.717, 1.165) is 31.4 Å². The summed E-state index contributed by atoms with van der Waals surface area (Å²) in [5.41, 5.74) is 1.26. The highest BCUT2D eigenvalue weighted by Gasteiger charge is 2.41. The Balaban J connectivity index is 1.53. The Hall–Kier alpha value is -1.89. The van der Waals surface area contributed by atoms with E-state index in [1.807, 2.05) is 33.9 Å². The molecule has 0 aromatic carbocycles. The largest absolute Gasteiger partial charge is 0.350 e. The Labute approximate surface area is 181 Å². The van der Waals surface area contributed by atoms with Gasteiger partial charge in [0, 0.05) is 36.6 Å². The molecule has 0 radical (unpaired) electrons. The number of nitrogens with zero attached hydrogens (tertiary/aromatic N) is 3. The standard InChI is InChI=1S/C23H39N5O2/c1-22(2,3)19-12-18(27(7)26-19)21(30)24-13-15-10-16-8-9-17(11-15)28(16)14-20(29)25-23(4,5)6/h12,15-17H,8-11,13-14H2,1-7H3,(H,24,30)(H,25,29). The summed E-state index contributed by atoms with van der Waals surface area (Å²) in [6, 6.07) is 2.79. The van der Waals surface area contributed by atoms with E-state index in [4.69, 9.17) is 0 Å². The van der Waals surface area contributed by atoms with Crippen LogP contribution >= 0.6 is 0 Å². The van der Waals surface area contributed by atoms with Gasteiger partial charge in [0.1, 0.15) is 5.69 Å². The fourth-order valence-electron chi connectivity index (χ4n) is 4.81. The van der Waals surface area contributed by atoms with Gasteiger partial charge < -0.3 is 10.6 Å². The number of fused-ring (bicyclic) bond motifs is 2. The van der Waals surface area contributed by atoms with E-state index in [0.29, 0.717) is 36.8 Å². The molecule has 2 N–H and O–H groups in total. The van der Waals surface area contributed by atoms with Gasteiger partial charge in [0.15, 0.2) is 0 Å². The molecule has 2 unspecified atom stereocenters. The number of hydrogen-bond acceptors (Lipinski definition) is 4. The van der Waals surface area contributed by atoms with Crippen LogP contribution in [0.5, 0.6) is 0 Å². The first kappa shape index (κ1) is 22.8. The summed E-state index contributed by atoms with van der Waals surface area (Å²) in [6.07, 6.45) is 4.37. The van der Waals surface area contributed by atoms with Gasteiger partial charge in [-0.05, 0) is 58.4 Å². The third-order valence-corrected chi connectivity index (χ3v) is 6.25. The van der Waals surface area contributed by atoms with Crippen molar-refractivity contribution < 1.29 is 9.59 Å². The van der Waals surface area contributed by atoms with E-state index in [9.17, 15) is 9.59 Å². The molecule has 2 amide bonds. The number of hydrogen-bond donors (Lipinski definition) is 2. The Morgan fingerprint density at radius 3 is 2.20 bits per heavy atom. The zero-order valence-corrected chi connectivity index (χ0v) is 19.7. The summed E-state index contributed by atoms with van der Waals surface area (Å²) in [5, 5.41) is 10.7. The number of amides is 2. The molecule has 7 nitrogen and oxygen atoms in total. The first-order valence-electron chi connectivity index (χ1n) is 11.2. The predicted molar refractivity (Wildman–Crippen MR) is 118 cm³/mol. The highest BCUT2D eigenvalue weighted by molar-refractivity contribution is 5.92. The molecular formula is C23H39N5O2. The fraction of sp³-hybridized carbons (Fsp3) is 0.783. The van der Waals surface area contributed by atoms with Gasteiger partial charge in [0.2, 0.25) is 5.91 Å². The van der Waals surface area contributed by atoms with Gasteiger partial charge in [-0.2, -0.15) is 5.10 Å². The second kappa shape index (κ2) is 8.33. The highest BCUT2D eigenvalue weighted by atomic mass is 16.2. The summed E-state index contributed by atoms with van der Waals surface area (Å²) in [6.45, 7) is 13.5. The van der Waals surface area contributed by atoms with Gasteiger partial charge in [-0.3, -0.25) is 19.2 Å². The van der Waals surface area contributed by atoms with Crippen LogP contribution in [0.2, 0.25) is 0 Å². The van der Waals surface area contributed by atoms with E-state index in [1.54, 1.807) is 4.68 Å². The first-order valence-corrected chi connectivity index (χ1v) is 11.2. The summed E-state index contributed by atoms with van der Waals surface area (Å²) < 4.78 is 1.68. The van der Waals surface area contributed by atoms with Crippen LogP contribution in [0.1, 0.15) is 83.4 Å². The molecule has 2 saturated heterocycles. The lowest BCUT2D eigenvalue weighted by molar-refractivity contribution is -0.125. The van der Waals surface area contributed by atoms with Crippen molar-refractivity contribution >= 4 is 11.8 Å². The molecule has 0 spiro atoms. The molecule has 3 heterocycles. The van der Waals surface area contributed by atoms with E-state index in [1.165, 1.54) is 0 Å². The van der Waals surface area contributed by atoms with E-state index >= 15 is 0 Å². The number of carbonyl (C=O) groups is 2. The molecule has 2 aliphatic heterocycles. The second-order valence-corrected chi connectivity index (χ2v) is 11.2. The minimum absolute atomic E-state index is 0.0557. The van der Waals surface area contributed by atoms with Crippen molar-refractivity contribution in [1.82, 2.24) is 25.3 Å². The SMILES string of the molecule is Cn1nc(C(C)(C)C)cc1C(=O)NCC1CC2CCC(C1)N2CC(=O)NC(C)(C)C. The van der Waals surface area contributed by atoms with Gasteiger partial charge in [-0.15, -0.1) is 0 Å². The third-order valence-electron chi connectivity index (χ3n) is 6.25. The molecule has 7 heteroatoms. The quantitative estimate of drug-likeness (QED) is 0.772. The zero-order chi connectivity index (χ0) is 22.3. The first-order chi connectivity index (χ1) is 13.8. The summed E-state index contributed by atoms with van der Waals surface area (Å²) in [4.78, 5) is 27.5. The maximum atomic E-state index is 12.7. The van der Waals surface area contributed by atoms with E-state index in [2.05, 4.69) is 41.4 Å². The molecule has 3 rings (SSSR count). The van der Waals surface area contributed by atoms with Gasteiger partial charge in [0.25, 0.3) is 5.91 Å². The van der Waals surface area contributed by atoms with Gasteiger partial charge >= 0.3 is 0 Å². The molecule has 2 fully saturated rings. The molecule has 1 aromatic rings. The highest BCUT2D eigenvalue weighted by Crippen LogP contribution is 2.38.